The van der Waals surface area contributed by atoms with Crippen molar-refractivity contribution in [1.82, 2.24) is 19.8 Å². The molecule has 0 bridgehead atoms. The Balaban J connectivity index is 1.33. The highest BCUT2D eigenvalue weighted by Crippen LogP contribution is 2.40. The van der Waals surface area contributed by atoms with Crippen molar-refractivity contribution in [3.8, 4) is 5.75 Å². The number of ether oxygens (including phenoxy) is 1. The fraction of sp³-hybridized carbons (Fsp3) is 0.421. The van der Waals surface area contributed by atoms with E-state index >= 15 is 0 Å². The molecular formula is C19H22N4O2. The largest absolute Gasteiger partial charge is 0.492 e. The van der Waals surface area contributed by atoms with Gasteiger partial charge in [-0.25, -0.2) is 0 Å². The molecule has 25 heavy (non-hydrogen) atoms. The number of hydrogen-bond acceptors (Lipinski definition) is 5. The Morgan fingerprint density at radius 1 is 1.24 bits per heavy atom. The lowest BCUT2D eigenvalue weighted by molar-refractivity contribution is -0.00771. The van der Waals surface area contributed by atoms with Crippen LogP contribution in [0.2, 0.25) is 0 Å². The standard InChI is InChI=1S/C19H22N4O2/c1-22-11-15(12-25-17-3-2-6-21-10-17)9-19(22)13-23(14-19)18(24)16-4-7-20-8-5-16/h2-8,10,15H,9,11-14H2,1H3. The van der Waals surface area contributed by atoms with E-state index in [1.54, 1.807) is 36.9 Å². The summed E-state index contributed by atoms with van der Waals surface area (Å²) in [6, 6.07) is 7.36. The molecule has 2 aliphatic heterocycles. The van der Waals surface area contributed by atoms with Gasteiger partial charge in [0.25, 0.3) is 5.91 Å². The quantitative estimate of drug-likeness (QED) is 0.849. The van der Waals surface area contributed by atoms with E-state index in [-0.39, 0.29) is 11.4 Å². The molecule has 1 spiro atoms. The predicted octanol–water partition coefficient (Wildman–Crippen LogP) is 1.70. The maximum Gasteiger partial charge on any atom is 0.254 e. The Bertz CT molecular complexity index is 732. The zero-order valence-corrected chi connectivity index (χ0v) is 14.3. The first-order valence-corrected chi connectivity index (χ1v) is 8.60. The van der Waals surface area contributed by atoms with Gasteiger partial charge in [-0.15, -0.1) is 0 Å². The van der Waals surface area contributed by atoms with E-state index in [1.807, 2.05) is 17.0 Å². The zero-order chi connectivity index (χ0) is 17.3. The maximum absolute atomic E-state index is 12.5. The van der Waals surface area contributed by atoms with Gasteiger partial charge >= 0.3 is 0 Å². The monoisotopic (exact) mass is 338 g/mol. The smallest absolute Gasteiger partial charge is 0.254 e. The molecule has 6 nitrogen and oxygen atoms in total. The SMILES string of the molecule is CN1CC(COc2cccnc2)CC12CN(C(=O)c1ccncc1)C2. The molecule has 1 unspecified atom stereocenters. The number of amides is 1. The second-order valence-electron chi connectivity index (χ2n) is 7.07. The number of carbonyl (C=O) groups is 1. The van der Waals surface area contributed by atoms with Gasteiger partial charge < -0.3 is 9.64 Å². The molecule has 0 saturated carbocycles. The fourth-order valence-electron chi connectivity index (χ4n) is 3.95. The van der Waals surface area contributed by atoms with Gasteiger partial charge in [0.05, 0.1) is 18.3 Å². The molecule has 2 aromatic heterocycles. The molecule has 2 aliphatic rings. The van der Waals surface area contributed by atoms with Crippen LogP contribution >= 0.6 is 0 Å². The Morgan fingerprint density at radius 3 is 2.76 bits per heavy atom. The topological polar surface area (TPSA) is 58.6 Å². The number of hydrogen-bond donors (Lipinski definition) is 0. The van der Waals surface area contributed by atoms with Crippen LogP contribution in [0.1, 0.15) is 16.8 Å². The van der Waals surface area contributed by atoms with E-state index in [1.165, 1.54) is 0 Å². The lowest BCUT2D eigenvalue weighted by Gasteiger charge is -2.52. The number of rotatable bonds is 4. The van der Waals surface area contributed by atoms with Gasteiger partial charge in [-0.2, -0.15) is 0 Å². The number of nitrogens with zero attached hydrogens (tertiary/aromatic N) is 4. The molecule has 1 amide bonds. The van der Waals surface area contributed by atoms with E-state index < -0.39 is 0 Å². The van der Waals surface area contributed by atoms with Crippen LogP contribution in [0.15, 0.2) is 49.1 Å². The molecule has 2 saturated heterocycles. The lowest BCUT2D eigenvalue weighted by Crippen LogP contribution is -2.68. The molecule has 2 fully saturated rings. The number of aromatic nitrogens is 2. The molecular weight excluding hydrogens is 316 g/mol. The Morgan fingerprint density at radius 2 is 2.04 bits per heavy atom. The van der Waals surface area contributed by atoms with Crippen molar-refractivity contribution in [2.24, 2.45) is 5.92 Å². The highest BCUT2D eigenvalue weighted by Gasteiger charge is 2.53. The average Bonchev–Trinajstić information content (AvgIpc) is 2.96. The normalized spacial score (nSPS) is 22.0. The van der Waals surface area contributed by atoms with Gasteiger partial charge in [-0.1, -0.05) is 0 Å². The number of likely N-dealkylation sites (tertiary alicyclic amines) is 2. The highest BCUT2D eigenvalue weighted by molar-refractivity contribution is 5.94. The van der Waals surface area contributed by atoms with Crippen molar-refractivity contribution in [1.29, 1.82) is 0 Å². The summed E-state index contributed by atoms with van der Waals surface area (Å²) in [4.78, 5) is 24.9. The highest BCUT2D eigenvalue weighted by atomic mass is 16.5. The second-order valence-corrected chi connectivity index (χ2v) is 7.07. The van der Waals surface area contributed by atoms with Crippen molar-refractivity contribution < 1.29 is 9.53 Å². The van der Waals surface area contributed by atoms with E-state index in [4.69, 9.17) is 4.74 Å². The first kappa shape index (κ1) is 16.0. The molecule has 6 heteroatoms. The molecule has 0 N–H and O–H groups in total. The summed E-state index contributed by atoms with van der Waals surface area (Å²) in [7, 11) is 2.15. The zero-order valence-electron chi connectivity index (χ0n) is 14.3. The second kappa shape index (κ2) is 6.44. The van der Waals surface area contributed by atoms with Crippen molar-refractivity contribution in [3.63, 3.8) is 0 Å². The van der Waals surface area contributed by atoms with Crippen LogP contribution in [-0.4, -0.2) is 64.5 Å². The number of pyridine rings is 2. The van der Waals surface area contributed by atoms with E-state index in [0.717, 1.165) is 31.8 Å². The molecule has 130 valence electrons. The van der Waals surface area contributed by atoms with Crippen molar-refractivity contribution >= 4 is 5.91 Å². The van der Waals surface area contributed by atoms with Crippen LogP contribution in [0.4, 0.5) is 0 Å². The molecule has 4 heterocycles. The number of carbonyl (C=O) groups excluding carboxylic acids is 1. The van der Waals surface area contributed by atoms with E-state index in [9.17, 15) is 4.79 Å². The van der Waals surface area contributed by atoms with Crippen molar-refractivity contribution in [3.05, 3.63) is 54.6 Å². The summed E-state index contributed by atoms with van der Waals surface area (Å²) >= 11 is 0. The van der Waals surface area contributed by atoms with Crippen LogP contribution in [-0.2, 0) is 0 Å². The van der Waals surface area contributed by atoms with Gasteiger partial charge in [0, 0.05) is 49.7 Å². The molecule has 1 atom stereocenters. The summed E-state index contributed by atoms with van der Waals surface area (Å²) in [5.41, 5.74) is 0.813. The number of likely N-dealkylation sites (N-methyl/N-ethyl adjacent to an activating group) is 1. The van der Waals surface area contributed by atoms with Crippen molar-refractivity contribution in [2.45, 2.75) is 12.0 Å². The third kappa shape index (κ3) is 3.09. The van der Waals surface area contributed by atoms with Crippen LogP contribution in [0, 0.1) is 5.92 Å². The van der Waals surface area contributed by atoms with Crippen LogP contribution in [0.5, 0.6) is 5.75 Å². The van der Waals surface area contributed by atoms with Gasteiger partial charge in [-0.05, 0) is 37.7 Å². The molecule has 0 aliphatic carbocycles. The van der Waals surface area contributed by atoms with Crippen molar-refractivity contribution in [2.75, 3.05) is 33.3 Å². The van der Waals surface area contributed by atoms with Crippen LogP contribution < -0.4 is 4.74 Å². The van der Waals surface area contributed by atoms with Gasteiger partial charge in [0.2, 0.25) is 0 Å². The minimum Gasteiger partial charge on any atom is -0.492 e. The van der Waals surface area contributed by atoms with Crippen LogP contribution in [0.25, 0.3) is 0 Å². The summed E-state index contributed by atoms with van der Waals surface area (Å²) in [5, 5.41) is 0. The average molecular weight is 338 g/mol. The van der Waals surface area contributed by atoms with Crippen LogP contribution in [0.3, 0.4) is 0 Å². The minimum atomic E-state index is 0.0940. The first-order chi connectivity index (χ1) is 12.2. The van der Waals surface area contributed by atoms with Gasteiger partial charge in [0.1, 0.15) is 5.75 Å². The Hall–Kier alpha value is -2.47. The minimum absolute atomic E-state index is 0.0940. The van der Waals surface area contributed by atoms with E-state index in [0.29, 0.717) is 18.1 Å². The Kier molecular flexibility index (Phi) is 4.13. The predicted molar refractivity (Wildman–Crippen MR) is 93.3 cm³/mol. The maximum atomic E-state index is 12.5. The molecule has 0 radical (unpaired) electrons. The Labute approximate surface area is 147 Å². The molecule has 2 aromatic rings. The third-order valence-corrected chi connectivity index (χ3v) is 5.32. The van der Waals surface area contributed by atoms with Gasteiger partial charge in [-0.3, -0.25) is 19.7 Å². The summed E-state index contributed by atoms with van der Waals surface area (Å²) in [6.07, 6.45) is 7.87. The first-order valence-electron chi connectivity index (χ1n) is 8.60. The lowest BCUT2D eigenvalue weighted by atomic mass is 9.84. The van der Waals surface area contributed by atoms with E-state index in [2.05, 4.69) is 21.9 Å². The molecule has 4 rings (SSSR count). The fourth-order valence-corrected chi connectivity index (χ4v) is 3.95. The molecule has 0 aromatic carbocycles. The summed E-state index contributed by atoms with van der Waals surface area (Å²) in [5.74, 6) is 1.38. The summed E-state index contributed by atoms with van der Waals surface area (Å²) < 4.78 is 5.87. The third-order valence-electron chi connectivity index (χ3n) is 5.32. The van der Waals surface area contributed by atoms with Gasteiger partial charge in [0.15, 0.2) is 0 Å². The summed E-state index contributed by atoms with van der Waals surface area (Å²) in [6.45, 7) is 3.26.